The van der Waals surface area contributed by atoms with E-state index in [1.807, 2.05) is 26.8 Å². The second-order valence-corrected chi connectivity index (χ2v) is 6.91. The molecule has 0 radical (unpaired) electrons. The average Bonchev–Trinajstić information content (AvgIpc) is 2.65. The van der Waals surface area contributed by atoms with E-state index >= 15 is 0 Å². The quantitative estimate of drug-likeness (QED) is 0.897. The third-order valence-corrected chi connectivity index (χ3v) is 5.34. The summed E-state index contributed by atoms with van der Waals surface area (Å²) in [7, 11) is -3.48. The largest absolute Gasteiger partial charge is 0.250 e. The molecule has 6 heteroatoms. The lowest BCUT2D eigenvalue weighted by Crippen LogP contribution is -2.35. The minimum Gasteiger partial charge on any atom is -0.207 e. The first-order chi connectivity index (χ1) is 7.36. The molecule has 0 saturated heterocycles. The maximum atomic E-state index is 11.9. The van der Waals surface area contributed by atoms with E-state index in [0.29, 0.717) is 4.88 Å². The van der Waals surface area contributed by atoms with Crippen molar-refractivity contribution in [2.24, 2.45) is 5.92 Å². The van der Waals surface area contributed by atoms with Crippen LogP contribution in [0.2, 0.25) is 0 Å². The zero-order valence-corrected chi connectivity index (χ0v) is 11.0. The van der Waals surface area contributed by atoms with Crippen molar-refractivity contribution < 1.29 is 8.42 Å². The van der Waals surface area contributed by atoms with Gasteiger partial charge < -0.3 is 0 Å². The van der Waals surface area contributed by atoms with E-state index < -0.39 is 10.0 Å². The molecule has 0 spiro atoms. The van der Waals surface area contributed by atoms with Crippen LogP contribution in [0.1, 0.15) is 25.6 Å². The van der Waals surface area contributed by atoms with Crippen molar-refractivity contribution in [3.05, 3.63) is 17.0 Å². The molecule has 0 aliphatic carbocycles. The third kappa shape index (κ3) is 3.04. The molecule has 0 aromatic carbocycles. The molecule has 0 aliphatic heterocycles. The van der Waals surface area contributed by atoms with Crippen molar-refractivity contribution in [1.29, 1.82) is 5.26 Å². The molecule has 88 valence electrons. The van der Waals surface area contributed by atoms with Gasteiger partial charge in [0.25, 0.3) is 0 Å². The number of rotatable bonds is 4. The number of nitrogens with zero attached hydrogens (tertiary/aromatic N) is 1. The third-order valence-electron chi connectivity index (χ3n) is 2.30. The first kappa shape index (κ1) is 13.2. The lowest BCUT2D eigenvalue weighted by molar-refractivity contribution is 0.477. The molecular formula is C10H14N2O2S2. The lowest BCUT2D eigenvalue weighted by atomic mass is 10.1. The Morgan fingerprint density at radius 1 is 1.38 bits per heavy atom. The van der Waals surface area contributed by atoms with Crippen LogP contribution in [0.4, 0.5) is 0 Å². The van der Waals surface area contributed by atoms with Gasteiger partial charge >= 0.3 is 0 Å². The molecule has 1 aromatic heterocycles. The molecule has 1 rings (SSSR count). The number of hydrogen-bond donors (Lipinski definition) is 1. The summed E-state index contributed by atoms with van der Waals surface area (Å²) in [4.78, 5) is 0.401. The maximum Gasteiger partial charge on any atom is 0.250 e. The smallest absolute Gasteiger partial charge is 0.207 e. The van der Waals surface area contributed by atoms with Crippen LogP contribution in [-0.4, -0.2) is 14.5 Å². The van der Waals surface area contributed by atoms with Gasteiger partial charge in [-0.1, -0.05) is 13.8 Å². The second-order valence-electron chi connectivity index (χ2n) is 3.88. The summed E-state index contributed by atoms with van der Waals surface area (Å²) >= 11 is 0.982. The van der Waals surface area contributed by atoms with Gasteiger partial charge in [0.1, 0.15) is 15.2 Å². The number of nitriles is 1. The molecule has 4 nitrogen and oxygen atoms in total. The summed E-state index contributed by atoms with van der Waals surface area (Å²) in [5.41, 5.74) is 0. The zero-order chi connectivity index (χ0) is 12.3. The predicted molar refractivity (Wildman–Crippen MR) is 63.7 cm³/mol. The van der Waals surface area contributed by atoms with Gasteiger partial charge in [-0.3, -0.25) is 0 Å². The Morgan fingerprint density at radius 2 is 2.00 bits per heavy atom. The molecule has 0 saturated carbocycles. The average molecular weight is 258 g/mol. The molecule has 1 unspecified atom stereocenters. The molecule has 0 aliphatic rings. The lowest BCUT2D eigenvalue weighted by Gasteiger charge is -2.16. The van der Waals surface area contributed by atoms with E-state index in [2.05, 4.69) is 4.72 Å². The van der Waals surface area contributed by atoms with Crippen molar-refractivity contribution in [1.82, 2.24) is 4.72 Å². The molecule has 16 heavy (non-hydrogen) atoms. The van der Waals surface area contributed by atoms with Crippen molar-refractivity contribution in [3.63, 3.8) is 0 Å². The van der Waals surface area contributed by atoms with Crippen molar-refractivity contribution in [2.45, 2.75) is 31.0 Å². The van der Waals surface area contributed by atoms with Gasteiger partial charge in [0, 0.05) is 6.04 Å². The van der Waals surface area contributed by atoms with E-state index in [1.54, 1.807) is 0 Å². The van der Waals surface area contributed by atoms with Crippen LogP contribution in [0.15, 0.2) is 16.3 Å². The summed E-state index contributed by atoms with van der Waals surface area (Å²) < 4.78 is 26.5. The topological polar surface area (TPSA) is 70.0 Å². The second kappa shape index (κ2) is 4.95. The maximum absolute atomic E-state index is 11.9. The van der Waals surface area contributed by atoms with Crippen molar-refractivity contribution >= 4 is 21.4 Å². The highest BCUT2D eigenvalue weighted by atomic mass is 32.2. The first-order valence-corrected chi connectivity index (χ1v) is 7.19. The molecule has 0 amide bonds. The molecular weight excluding hydrogens is 244 g/mol. The fourth-order valence-electron chi connectivity index (χ4n) is 0.964. The van der Waals surface area contributed by atoms with Crippen LogP contribution in [0.5, 0.6) is 0 Å². The van der Waals surface area contributed by atoms with Crippen molar-refractivity contribution in [3.8, 4) is 6.07 Å². The highest BCUT2D eigenvalue weighted by Gasteiger charge is 2.20. The number of sulfonamides is 1. The normalized spacial score (nSPS) is 13.7. The predicted octanol–water partition coefficient (Wildman–Crippen LogP) is 1.94. The van der Waals surface area contributed by atoms with Gasteiger partial charge in [0.05, 0.1) is 0 Å². The fraction of sp³-hybridized carbons (Fsp3) is 0.500. The summed E-state index contributed by atoms with van der Waals surface area (Å²) in [6, 6.07) is 4.76. The van der Waals surface area contributed by atoms with Gasteiger partial charge in [-0.05, 0) is 25.0 Å². The molecule has 0 bridgehead atoms. The van der Waals surface area contributed by atoms with Gasteiger partial charge in [-0.25, -0.2) is 13.1 Å². The SMILES string of the molecule is CC(C)C(C)NS(=O)(=O)c1ccc(C#N)s1. The van der Waals surface area contributed by atoms with Crippen LogP contribution < -0.4 is 4.72 Å². The molecule has 1 N–H and O–H groups in total. The highest BCUT2D eigenvalue weighted by Crippen LogP contribution is 2.21. The summed E-state index contributed by atoms with van der Waals surface area (Å²) in [5.74, 6) is 0.227. The minimum absolute atomic E-state index is 0.127. The van der Waals surface area contributed by atoms with Crippen molar-refractivity contribution in [2.75, 3.05) is 0 Å². The Balaban J connectivity index is 2.91. The Hall–Kier alpha value is -0.900. The number of hydrogen-bond acceptors (Lipinski definition) is 4. The van der Waals surface area contributed by atoms with E-state index in [-0.39, 0.29) is 16.2 Å². The van der Waals surface area contributed by atoms with Gasteiger partial charge in [-0.15, -0.1) is 11.3 Å². The first-order valence-electron chi connectivity index (χ1n) is 4.89. The Labute approximate surface area is 100.0 Å². The summed E-state index contributed by atoms with van der Waals surface area (Å²) in [6.07, 6.45) is 0. The van der Waals surface area contributed by atoms with Crippen LogP contribution in [0, 0.1) is 17.2 Å². The van der Waals surface area contributed by atoms with Gasteiger partial charge in [0.2, 0.25) is 10.0 Å². The van der Waals surface area contributed by atoms with Gasteiger partial charge in [-0.2, -0.15) is 5.26 Å². The molecule has 0 fully saturated rings. The van der Waals surface area contributed by atoms with E-state index in [1.165, 1.54) is 12.1 Å². The minimum atomic E-state index is -3.48. The molecule has 1 atom stereocenters. The highest BCUT2D eigenvalue weighted by molar-refractivity contribution is 7.91. The Kier molecular flexibility index (Phi) is 4.08. The van der Waals surface area contributed by atoms with Crippen LogP contribution in [0.3, 0.4) is 0 Å². The molecule has 1 heterocycles. The number of thiophene rings is 1. The summed E-state index contributed by atoms with van der Waals surface area (Å²) in [5, 5.41) is 8.63. The summed E-state index contributed by atoms with van der Waals surface area (Å²) in [6.45, 7) is 5.71. The van der Waals surface area contributed by atoms with Crippen LogP contribution in [-0.2, 0) is 10.0 Å². The van der Waals surface area contributed by atoms with Crippen LogP contribution in [0.25, 0.3) is 0 Å². The monoisotopic (exact) mass is 258 g/mol. The van der Waals surface area contributed by atoms with Gasteiger partial charge in [0.15, 0.2) is 0 Å². The standard InChI is InChI=1S/C10H14N2O2S2/c1-7(2)8(3)12-16(13,14)10-5-4-9(6-11)15-10/h4-5,7-8,12H,1-3H3. The fourth-order valence-corrected chi connectivity index (χ4v) is 3.48. The van der Waals surface area contributed by atoms with E-state index in [9.17, 15) is 8.42 Å². The van der Waals surface area contributed by atoms with Crippen LogP contribution >= 0.6 is 11.3 Å². The van der Waals surface area contributed by atoms with E-state index in [0.717, 1.165) is 11.3 Å². The molecule has 1 aromatic rings. The van der Waals surface area contributed by atoms with E-state index in [4.69, 9.17) is 5.26 Å². The Morgan fingerprint density at radius 3 is 2.44 bits per heavy atom. The Bertz CT molecular complexity index is 497. The number of nitrogens with one attached hydrogen (secondary N) is 1. The zero-order valence-electron chi connectivity index (χ0n) is 9.39.